The van der Waals surface area contributed by atoms with Crippen molar-refractivity contribution in [3.8, 4) is 0 Å². The van der Waals surface area contributed by atoms with Gasteiger partial charge < -0.3 is 5.73 Å². The molecule has 1 aliphatic carbocycles. The van der Waals surface area contributed by atoms with Crippen molar-refractivity contribution in [2.75, 3.05) is 6.54 Å². The molecular weight excluding hydrogens is 228 g/mol. The van der Waals surface area contributed by atoms with Gasteiger partial charge in [0.25, 0.3) is 0 Å². The van der Waals surface area contributed by atoms with E-state index in [4.69, 9.17) is 10.7 Å². The molecule has 0 saturated heterocycles. The van der Waals surface area contributed by atoms with E-state index in [1.54, 1.807) is 0 Å². The third-order valence-electron chi connectivity index (χ3n) is 3.97. The minimum Gasteiger partial charge on any atom is -0.330 e. The number of nitrogens with zero attached hydrogens (tertiary/aromatic N) is 1. The van der Waals surface area contributed by atoms with Crippen molar-refractivity contribution in [1.29, 1.82) is 0 Å². The Bertz CT molecular complexity index is 325. The first-order valence-electron chi connectivity index (χ1n) is 6.97. The average Bonchev–Trinajstić information content (AvgIpc) is 2.85. The number of hydrogen-bond donors (Lipinski definition) is 1. The predicted octanol–water partition coefficient (Wildman–Crippen LogP) is 3.72. The van der Waals surface area contributed by atoms with Gasteiger partial charge in [0, 0.05) is 17.7 Å². The van der Waals surface area contributed by atoms with E-state index in [1.807, 2.05) is 11.3 Å². The second-order valence-electron chi connectivity index (χ2n) is 5.22. The Morgan fingerprint density at radius 3 is 2.82 bits per heavy atom. The molecule has 1 atom stereocenters. The summed E-state index contributed by atoms with van der Waals surface area (Å²) in [6.07, 6.45) is 9.11. The molecule has 1 fully saturated rings. The van der Waals surface area contributed by atoms with Crippen molar-refractivity contribution in [2.45, 2.75) is 57.8 Å². The zero-order valence-corrected chi connectivity index (χ0v) is 11.6. The molecule has 1 aromatic heterocycles. The molecule has 1 aliphatic rings. The van der Waals surface area contributed by atoms with E-state index in [-0.39, 0.29) is 0 Å². The normalized spacial score (nSPS) is 19.4. The van der Waals surface area contributed by atoms with Gasteiger partial charge in [-0.25, -0.2) is 4.98 Å². The van der Waals surface area contributed by atoms with Crippen molar-refractivity contribution < 1.29 is 0 Å². The Kier molecular flexibility index (Phi) is 4.99. The lowest BCUT2D eigenvalue weighted by atomic mass is 9.87. The molecule has 0 amide bonds. The number of nitrogens with two attached hydrogens (primary N) is 1. The Morgan fingerprint density at radius 2 is 2.18 bits per heavy atom. The van der Waals surface area contributed by atoms with Crippen molar-refractivity contribution in [2.24, 2.45) is 11.7 Å². The summed E-state index contributed by atoms with van der Waals surface area (Å²) in [6.45, 7) is 3.00. The summed E-state index contributed by atoms with van der Waals surface area (Å²) in [7, 11) is 0. The lowest BCUT2D eigenvalue weighted by Crippen LogP contribution is -2.15. The largest absolute Gasteiger partial charge is 0.330 e. The Balaban J connectivity index is 1.94. The third-order valence-corrected chi connectivity index (χ3v) is 4.86. The van der Waals surface area contributed by atoms with Gasteiger partial charge in [0.15, 0.2) is 0 Å². The summed E-state index contributed by atoms with van der Waals surface area (Å²) in [6, 6.07) is 0. The van der Waals surface area contributed by atoms with Crippen molar-refractivity contribution in [1.82, 2.24) is 4.98 Å². The van der Waals surface area contributed by atoms with Gasteiger partial charge in [-0.3, -0.25) is 0 Å². The fraction of sp³-hybridized carbons (Fsp3) is 0.786. The zero-order chi connectivity index (χ0) is 12.1. The van der Waals surface area contributed by atoms with E-state index >= 15 is 0 Å². The number of hydrogen-bond acceptors (Lipinski definition) is 3. The number of rotatable bonds is 5. The fourth-order valence-corrected chi connectivity index (χ4v) is 3.64. The first-order valence-corrected chi connectivity index (χ1v) is 7.85. The average molecular weight is 252 g/mol. The second-order valence-corrected chi connectivity index (χ2v) is 6.16. The lowest BCUT2D eigenvalue weighted by Gasteiger charge is -2.19. The zero-order valence-electron chi connectivity index (χ0n) is 10.8. The molecule has 0 bridgehead atoms. The molecule has 96 valence electrons. The van der Waals surface area contributed by atoms with Gasteiger partial charge in [-0.05, 0) is 25.3 Å². The molecule has 1 unspecified atom stereocenters. The smallest absolute Gasteiger partial charge is 0.0931 e. The van der Waals surface area contributed by atoms with Gasteiger partial charge in [0.1, 0.15) is 0 Å². The highest BCUT2D eigenvalue weighted by Crippen LogP contribution is 2.33. The van der Waals surface area contributed by atoms with Gasteiger partial charge in [0.2, 0.25) is 0 Å². The molecule has 0 radical (unpaired) electrons. The molecule has 2 nitrogen and oxygen atoms in total. The monoisotopic (exact) mass is 252 g/mol. The van der Waals surface area contributed by atoms with Crippen molar-refractivity contribution >= 4 is 11.3 Å². The molecular formula is C14H24N2S. The summed E-state index contributed by atoms with van der Waals surface area (Å²) in [4.78, 5) is 4.83. The highest BCUT2D eigenvalue weighted by Gasteiger charge is 2.18. The van der Waals surface area contributed by atoms with Crippen LogP contribution in [0.25, 0.3) is 0 Å². The second kappa shape index (κ2) is 6.50. The highest BCUT2D eigenvalue weighted by molar-refractivity contribution is 7.09. The van der Waals surface area contributed by atoms with Gasteiger partial charge in [0.05, 0.1) is 10.7 Å². The molecule has 2 N–H and O–H groups in total. The van der Waals surface area contributed by atoms with Crippen molar-refractivity contribution in [3.05, 3.63) is 16.1 Å². The van der Waals surface area contributed by atoms with Gasteiger partial charge in [-0.1, -0.05) is 32.6 Å². The fourth-order valence-electron chi connectivity index (χ4n) is 2.65. The predicted molar refractivity (Wildman–Crippen MR) is 74.5 cm³/mol. The summed E-state index contributed by atoms with van der Waals surface area (Å²) < 4.78 is 0. The van der Waals surface area contributed by atoms with Crippen LogP contribution in [0, 0.1) is 5.92 Å². The quantitative estimate of drug-likeness (QED) is 0.867. The standard InChI is InChI=1S/C14H24N2S/c1-2-11(9-15)8-14-16-13(10-17-14)12-6-4-3-5-7-12/h10-12H,2-9,15H2,1H3. The third kappa shape index (κ3) is 3.52. The van der Waals surface area contributed by atoms with Crippen LogP contribution in [0.5, 0.6) is 0 Å². The van der Waals surface area contributed by atoms with E-state index in [0.717, 1.165) is 25.3 Å². The molecule has 17 heavy (non-hydrogen) atoms. The van der Waals surface area contributed by atoms with Crippen LogP contribution < -0.4 is 5.73 Å². The first-order chi connectivity index (χ1) is 8.33. The van der Waals surface area contributed by atoms with Crippen LogP contribution in [-0.2, 0) is 6.42 Å². The Morgan fingerprint density at radius 1 is 1.41 bits per heavy atom. The summed E-state index contributed by atoms with van der Waals surface area (Å²) >= 11 is 1.84. The van der Waals surface area contributed by atoms with Crippen LogP contribution in [0.4, 0.5) is 0 Å². The van der Waals surface area contributed by atoms with Crippen molar-refractivity contribution in [3.63, 3.8) is 0 Å². The maximum Gasteiger partial charge on any atom is 0.0931 e. The molecule has 2 rings (SSSR count). The topological polar surface area (TPSA) is 38.9 Å². The van der Waals surface area contributed by atoms with Crippen LogP contribution in [-0.4, -0.2) is 11.5 Å². The minimum atomic E-state index is 0.611. The van der Waals surface area contributed by atoms with Crippen LogP contribution in [0.2, 0.25) is 0 Å². The molecule has 1 aromatic rings. The number of thiazole rings is 1. The van der Waals surface area contributed by atoms with E-state index in [9.17, 15) is 0 Å². The molecule has 0 spiro atoms. The minimum absolute atomic E-state index is 0.611. The molecule has 0 aromatic carbocycles. The van der Waals surface area contributed by atoms with Gasteiger partial charge in [-0.2, -0.15) is 0 Å². The Labute approximate surface area is 109 Å². The SMILES string of the molecule is CCC(CN)Cc1nc(C2CCCCC2)cs1. The maximum atomic E-state index is 5.76. The van der Waals surface area contributed by atoms with Crippen LogP contribution in [0.3, 0.4) is 0 Å². The van der Waals surface area contributed by atoms with E-state index < -0.39 is 0 Å². The number of aromatic nitrogens is 1. The van der Waals surface area contributed by atoms with E-state index in [1.165, 1.54) is 42.8 Å². The lowest BCUT2D eigenvalue weighted by molar-refractivity contribution is 0.436. The van der Waals surface area contributed by atoms with E-state index in [2.05, 4.69) is 12.3 Å². The van der Waals surface area contributed by atoms with Crippen LogP contribution in [0.1, 0.15) is 62.1 Å². The van der Waals surface area contributed by atoms with Gasteiger partial charge >= 0.3 is 0 Å². The molecule has 0 aliphatic heterocycles. The van der Waals surface area contributed by atoms with Gasteiger partial charge in [-0.15, -0.1) is 11.3 Å². The summed E-state index contributed by atoms with van der Waals surface area (Å²) in [5, 5.41) is 3.58. The Hall–Kier alpha value is -0.410. The van der Waals surface area contributed by atoms with Crippen LogP contribution >= 0.6 is 11.3 Å². The highest BCUT2D eigenvalue weighted by atomic mass is 32.1. The molecule has 3 heteroatoms. The van der Waals surface area contributed by atoms with Crippen LogP contribution in [0.15, 0.2) is 5.38 Å². The first kappa shape index (κ1) is 13.0. The summed E-state index contributed by atoms with van der Waals surface area (Å²) in [5.41, 5.74) is 7.12. The molecule has 1 heterocycles. The maximum absolute atomic E-state index is 5.76. The van der Waals surface area contributed by atoms with E-state index in [0.29, 0.717) is 5.92 Å². The molecule has 1 saturated carbocycles. The summed E-state index contributed by atoms with van der Waals surface area (Å²) in [5.74, 6) is 1.35.